The molecule has 1 aliphatic heterocycles. The minimum Gasteiger partial charge on any atom is -0.481 e. The Morgan fingerprint density at radius 1 is 1.38 bits per heavy atom. The highest BCUT2D eigenvalue weighted by Crippen LogP contribution is 2.16. The number of aliphatic carboxylic acids is 1. The molecular weight excluding hydrogens is 300 g/mol. The van der Waals surface area contributed by atoms with Crippen LogP contribution in [0.2, 0.25) is 0 Å². The molecule has 0 aliphatic carbocycles. The average Bonchev–Trinajstić information content (AvgIpc) is 2.87. The number of hydrogen-bond donors (Lipinski definition) is 1. The molecule has 2 rings (SSSR count). The minimum absolute atomic E-state index is 0.0382. The zero-order chi connectivity index (χ0) is 15.5. The summed E-state index contributed by atoms with van der Waals surface area (Å²) in [5, 5.41) is 16.2. The number of hydrogen-bond acceptors (Lipinski definition) is 6. The summed E-state index contributed by atoms with van der Waals surface area (Å²) in [7, 11) is -3.29. The predicted octanol–water partition coefficient (Wildman–Crippen LogP) is -1.23. The van der Waals surface area contributed by atoms with Crippen molar-refractivity contribution < 1.29 is 23.1 Å². The van der Waals surface area contributed by atoms with Gasteiger partial charge in [-0.3, -0.25) is 14.3 Å². The highest BCUT2D eigenvalue weighted by molar-refractivity contribution is 7.91. The molecule has 0 radical (unpaired) electrons. The lowest BCUT2D eigenvalue weighted by Gasteiger charge is -2.34. The SMILES string of the molecule is O=C(O)CC1CS(=O)(=O)CCN1C(=O)CCn1ccnn1. The van der Waals surface area contributed by atoms with Crippen LogP contribution in [0.15, 0.2) is 12.4 Å². The van der Waals surface area contributed by atoms with Crippen LogP contribution in [-0.2, 0) is 26.0 Å². The Morgan fingerprint density at radius 2 is 2.14 bits per heavy atom. The first-order valence-corrected chi connectivity index (χ1v) is 8.25. The van der Waals surface area contributed by atoms with Crippen LogP contribution in [0.1, 0.15) is 12.8 Å². The molecule has 1 saturated heterocycles. The van der Waals surface area contributed by atoms with Crippen LogP contribution < -0.4 is 0 Å². The normalized spacial score (nSPS) is 21.1. The Balaban J connectivity index is 2.01. The number of carbonyl (C=O) groups excluding carboxylic acids is 1. The molecule has 1 N–H and O–H groups in total. The van der Waals surface area contributed by atoms with Crippen molar-refractivity contribution in [3.05, 3.63) is 12.4 Å². The zero-order valence-electron chi connectivity index (χ0n) is 11.3. The van der Waals surface area contributed by atoms with Crippen molar-refractivity contribution in [3.63, 3.8) is 0 Å². The third kappa shape index (κ3) is 4.25. The Labute approximate surface area is 121 Å². The molecule has 0 saturated carbocycles. The van der Waals surface area contributed by atoms with E-state index in [0.717, 1.165) is 0 Å². The van der Waals surface area contributed by atoms with E-state index in [-0.39, 0.29) is 36.8 Å². The van der Waals surface area contributed by atoms with Crippen molar-refractivity contribution >= 4 is 21.7 Å². The number of carboxylic acids is 1. The first kappa shape index (κ1) is 15.4. The number of aryl methyl sites for hydroxylation is 1. The van der Waals surface area contributed by atoms with Gasteiger partial charge >= 0.3 is 5.97 Å². The van der Waals surface area contributed by atoms with Gasteiger partial charge in [0.05, 0.1) is 36.7 Å². The number of carboxylic acid groups (broad SMARTS) is 1. The maximum Gasteiger partial charge on any atom is 0.305 e. The molecule has 1 fully saturated rings. The molecule has 1 aromatic rings. The van der Waals surface area contributed by atoms with Gasteiger partial charge in [-0.25, -0.2) is 8.42 Å². The second-order valence-electron chi connectivity index (χ2n) is 4.87. The van der Waals surface area contributed by atoms with E-state index in [1.54, 1.807) is 6.20 Å². The van der Waals surface area contributed by atoms with Gasteiger partial charge in [-0.1, -0.05) is 5.21 Å². The van der Waals surface area contributed by atoms with Crippen molar-refractivity contribution in [2.24, 2.45) is 0 Å². The van der Waals surface area contributed by atoms with E-state index in [2.05, 4.69) is 10.3 Å². The van der Waals surface area contributed by atoms with Crippen molar-refractivity contribution in [2.45, 2.75) is 25.4 Å². The lowest BCUT2D eigenvalue weighted by atomic mass is 10.2. The lowest BCUT2D eigenvalue weighted by Crippen LogP contribution is -2.52. The molecule has 1 atom stereocenters. The van der Waals surface area contributed by atoms with Crippen molar-refractivity contribution in [3.8, 4) is 0 Å². The summed E-state index contributed by atoms with van der Waals surface area (Å²) in [6.45, 7) is 0.359. The summed E-state index contributed by atoms with van der Waals surface area (Å²) in [5.41, 5.74) is 0. The largest absolute Gasteiger partial charge is 0.481 e. The Morgan fingerprint density at radius 3 is 2.76 bits per heavy atom. The van der Waals surface area contributed by atoms with E-state index in [0.29, 0.717) is 6.54 Å². The van der Waals surface area contributed by atoms with E-state index in [1.165, 1.54) is 15.8 Å². The molecule has 0 bridgehead atoms. The fourth-order valence-corrected chi connectivity index (χ4v) is 3.82. The number of aromatic nitrogens is 3. The Kier molecular flexibility index (Phi) is 4.56. The molecule has 1 aliphatic rings. The van der Waals surface area contributed by atoms with Gasteiger partial charge in [0, 0.05) is 19.2 Å². The maximum atomic E-state index is 12.2. The molecule has 1 aromatic heterocycles. The highest BCUT2D eigenvalue weighted by Gasteiger charge is 2.35. The molecule has 1 unspecified atom stereocenters. The number of amides is 1. The summed E-state index contributed by atoms with van der Waals surface area (Å²) >= 11 is 0. The van der Waals surface area contributed by atoms with E-state index in [9.17, 15) is 18.0 Å². The summed E-state index contributed by atoms with van der Waals surface area (Å²) in [6.07, 6.45) is 2.86. The van der Waals surface area contributed by atoms with E-state index >= 15 is 0 Å². The van der Waals surface area contributed by atoms with Crippen molar-refractivity contribution in [1.29, 1.82) is 0 Å². The van der Waals surface area contributed by atoms with E-state index < -0.39 is 21.8 Å². The van der Waals surface area contributed by atoms with Crippen LogP contribution in [0.25, 0.3) is 0 Å². The van der Waals surface area contributed by atoms with Crippen LogP contribution in [0, 0.1) is 0 Å². The first-order valence-electron chi connectivity index (χ1n) is 6.43. The molecule has 10 heteroatoms. The van der Waals surface area contributed by atoms with E-state index in [1.807, 2.05) is 0 Å². The van der Waals surface area contributed by atoms with Gasteiger partial charge in [-0.2, -0.15) is 0 Å². The van der Waals surface area contributed by atoms with Gasteiger partial charge in [0.15, 0.2) is 9.84 Å². The van der Waals surface area contributed by atoms with Gasteiger partial charge in [-0.15, -0.1) is 5.10 Å². The molecule has 21 heavy (non-hydrogen) atoms. The third-order valence-corrected chi connectivity index (χ3v) is 4.98. The smallest absolute Gasteiger partial charge is 0.305 e. The van der Waals surface area contributed by atoms with Gasteiger partial charge in [0.2, 0.25) is 5.91 Å². The summed E-state index contributed by atoms with van der Waals surface area (Å²) in [5.74, 6) is -1.81. The second-order valence-corrected chi connectivity index (χ2v) is 7.10. The van der Waals surface area contributed by atoms with Crippen LogP contribution in [-0.4, -0.2) is 69.4 Å². The van der Waals surface area contributed by atoms with Gasteiger partial charge in [-0.05, 0) is 0 Å². The quantitative estimate of drug-likeness (QED) is 0.721. The molecule has 116 valence electrons. The monoisotopic (exact) mass is 316 g/mol. The predicted molar refractivity (Wildman–Crippen MR) is 71.0 cm³/mol. The molecule has 9 nitrogen and oxygen atoms in total. The number of nitrogens with zero attached hydrogens (tertiary/aromatic N) is 4. The first-order chi connectivity index (χ1) is 9.87. The van der Waals surface area contributed by atoms with E-state index in [4.69, 9.17) is 5.11 Å². The van der Waals surface area contributed by atoms with Gasteiger partial charge < -0.3 is 10.0 Å². The lowest BCUT2D eigenvalue weighted by molar-refractivity contribution is -0.140. The van der Waals surface area contributed by atoms with Crippen LogP contribution in [0.4, 0.5) is 0 Å². The van der Waals surface area contributed by atoms with Crippen molar-refractivity contribution in [2.75, 3.05) is 18.1 Å². The van der Waals surface area contributed by atoms with Crippen LogP contribution >= 0.6 is 0 Å². The minimum atomic E-state index is -3.29. The summed E-state index contributed by atoms with van der Waals surface area (Å²) in [4.78, 5) is 24.4. The van der Waals surface area contributed by atoms with Crippen LogP contribution in [0.3, 0.4) is 0 Å². The fourth-order valence-electron chi connectivity index (χ4n) is 2.29. The second kappa shape index (κ2) is 6.20. The molecule has 1 amide bonds. The molecule has 0 aromatic carbocycles. The fraction of sp³-hybridized carbons (Fsp3) is 0.636. The number of sulfone groups is 1. The van der Waals surface area contributed by atoms with Crippen molar-refractivity contribution in [1.82, 2.24) is 19.9 Å². The summed E-state index contributed by atoms with van der Waals surface area (Å²) in [6, 6.07) is -0.801. The van der Waals surface area contributed by atoms with Gasteiger partial charge in [0.25, 0.3) is 0 Å². The third-order valence-electron chi connectivity index (χ3n) is 3.29. The molecular formula is C11H16N4O5S. The number of carbonyl (C=O) groups is 2. The average molecular weight is 316 g/mol. The Bertz CT molecular complexity index is 613. The number of rotatable bonds is 5. The zero-order valence-corrected chi connectivity index (χ0v) is 12.1. The molecule has 2 heterocycles. The van der Waals surface area contributed by atoms with Crippen LogP contribution in [0.5, 0.6) is 0 Å². The standard InChI is InChI=1S/C11H16N4O5S/c16-10(1-3-14-4-2-12-13-14)15-5-6-21(19,20)8-9(15)7-11(17)18/h2,4,9H,1,3,5-8H2,(H,17,18). The Hall–Kier alpha value is -1.97. The molecule has 0 spiro atoms. The topological polar surface area (TPSA) is 122 Å². The maximum absolute atomic E-state index is 12.2. The van der Waals surface area contributed by atoms with Gasteiger partial charge in [0.1, 0.15) is 0 Å². The summed E-state index contributed by atoms with van der Waals surface area (Å²) < 4.78 is 24.7. The highest BCUT2D eigenvalue weighted by atomic mass is 32.2.